The zero-order valence-electron chi connectivity index (χ0n) is 14.3. The number of unbranched alkanes of at least 4 members (excludes halogenated alkanes) is 2. The number of carbonyl (C=O) groups is 2. The Bertz CT molecular complexity index is 387. The van der Waals surface area contributed by atoms with E-state index in [0.29, 0.717) is 12.8 Å². The van der Waals surface area contributed by atoms with Gasteiger partial charge in [-0.1, -0.05) is 26.2 Å². The van der Waals surface area contributed by atoms with Crippen LogP contribution >= 0.6 is 7.60 Å². The standard InChI is InChI=1S/C15H29O6P/c1-6-7-8-9-13(10-11-22(18,20-4)21-5)14(12(2)16)15(17)19-3/h13-14H,6-11H2,1-5H3. The van der Waals surface area contributed by atoms with Crippen molar-refractivity contribution in [3.63, 3.8) is 0 Å². The van der Waals surface area contributed by atoms with Crippen LogP contribution in [0.15, 0.2) is 0 Å². The second kappa shape index (κ2) is 10.9. The highest BCUT2D eigenvalue weighted by Gasteiger charge is 2.34. The highest BCUT2D eigenvalue weighted by molar-refractivity contribution is 7.53. The normalized spacial score (nSPS) is 14.4. The van der Waals surface area contributed by atoms with Gasteiger partial charge in [-0.15, -0.1) is 0 Å². The van der Waals surface area contributed by atoms with Crippen LogP contribution in [0.5, 0.6) is 0 Å². The first-order valence-electron chi connectivity index (χ1n) is 7.64. The van der Waals surface area contributed by atoms with Crippen molar-refractivity contribution in [2.75, 3.05) is 27.5 Å². The van der Waals surface area contributed by atoms with Gasteiger partial charge in [0.1, 0.15) is 11.7 Å². The van der Waals surface area contributed by atoms with Gasteiger partial charge in [-0.2, -0.15) is 0 Å². The van der Waals surface area contributed by atoms with Crippen molar-refractivity contribution in [2.24, 2.45) is 11.8 Å². The van der Waals surface area contributed by atoms with Crippen LogP contribution in [0.25, 0.3) is 0 Å². The number of esters is 1. The van der Waals surface area contributed by atoms with Gasteiger partial charge < -0.3 is 13.8 Å². The van der Waals surface area contributed by atoms with Crippen molar-refractivity contribution < 1.29 is 27.9 Å². The van der Waals surface area contributed by atoms with E-state index in [1.807, 2.05) is 0 Å². The fourth-order valence-corrected chi connectivity index (χ4v) is 3.69. The summed E-state index contributed by atoms with van der Waals surface area (Å²) in [7, 11) is 0.793. The monoisotopic (exact) mass is 336 g/mol. The lowest BCUT2D eigenvalue weighted by Crippen LogP contribution is -2.31. The van der Waals surface area contributed by atoms with Crippen LogP contribution in [0.2, 0.25) is 0 Å². The fourth-order valence-electron chi connectivity index (χ4n) is 2.53. The van der Waals surface area contributed by atoms with Crippen LogP contribution < -0.4 is 0 Å². The predicted molar refractivity (Wildman–Crippen MR) is 84.9 cm³/mol. The Morgan fingerprint density at radius 2 is 1.64 bits per heavy atom. The zero-order valence-corrected chi connectivity index (χ0v) is 15.2. The van der Waals surface area contributed by atoms with E-state index in [-0.39, 0.29) is 17.9 Å². The second-order valence-electron chi connectivity index (χ2n) is 5.36. The van der Waals surface area contributed by atoms with Gasteiger partial charge in [0.05, 0.1) is 13.3 Å². The molecular formula is C15H29O6P. The number of hydrogen-bond acceptors (Lipinski definition) is 6. The first-order chi connectivity index (χ1) is 10.3. The molecule has 0 fully saturated rings. The predicted octanol–water partition coefficient (Wildman–Crippen LogP) is 3.44. The molecular weight excluding hydrogens is 307 g/mol. The maximum atomic E-state index is 12.2. The number of ketones is 1. The third-order valence-electron chi connectivity index (χ3n) is 3.87. The molecule has 0 heterocycles. The number of rotatable bonds is 12. The summed E-state index contributed by atoms with van der Waals surface area (Å²) in [6.07, 6.45) is 4.28. The van der Waals surface area contributed by atoms with E-state index in [1.54, 1.807) is 0 Å². The molecule has 0 spiro atoms. The van der Waals surface area contributed by atoms with E-state index in [0.717, 1.165) is 19.3 Å². The minimum Gasteiger partial charge on any atom is -0.468 e. The molecule has 0 amide bonds. The van der Waals surface area contributed by atoms with Crippen molar-refractivity contribution in [3.05, 3.63) is 0 Å². The molecule has 0 aliphatic heterocycles. The molecule has 0 rings (SSSR count). The molecule has 0 N–H and O–H groups in total. The minimum absolute atomic E-state index is 0.178. The van der Waals surface area contributed by atoms with E-state index < -0.39 is 19.5 Å². The van der Waals surface area contributed by atoms with Crippen molar-refractivity contribution in [2.45, 2.75) is 46.0 Å². The van der Waals surface area contributed by atoms with Gasteiger partial charge in [0.15, 0.2) is 0 Å². The van der Waals surface area contributed by atoms with Crippen LogP contribution in [0.4, 0.5) is 0 Å². The zero-order chi connectivity index (χ0) is 17.2. The Kier molecular flexibility index (Phi) is 10.6. The lowest BCUT2D eigenvalue weighted by molar-refractivity contribution is -0.151. The Morgan fingerprint density at radius 1 is 1.05 bits per heavy atom. The molecule has 0 aromatic carbocycles. The Morgan fingerprint density at radius 3 is 2.05 bits per heavy atom. The summed E-state index contributed by atoms with van der Waals surface area (Å²) >= 11 is 0. The van der Waals surface area contributed by atoms with E-state index in [1.165, 1.54) is 28.3 Å². The quantitative estimate of drug-likeness (QED) is 0.235. The van der Waals surface area contributed by atoms with Crippen molar-refractivity contribution in [3.8, 4) is 0 Å². The van der Waals surface area contributed by atoms with Gasteiger partial charge >= 0.3 is 13.6 Å². The molecule has 0 bridgehead atoms. The fraction of sp³-hybridized carbons (Fsp3) is 0.867. The molecule has 0 saturated heterocycles. The topological polar surface area (TPSA) is 78.9 Å². The Labute approximate surface area is 133 Å². The number of carbonyl (C=O) groups excluding carboxylic acids is 2. The molecule has 2 atom stereocenters. The molecule has 0 saturated carbocycles. The van der Waals surface area contributed by atoms with E-state index in [2.05, 4.69) is 6.92 Å². The van der Waals surface area contributed by atoms with Crippen LogP contribution in [0.3, 0.4) is 0 Å². The summed E-state index contributed by atoms with van der Waals surface area (Å²) in [5.74, 6) is -1.78. The number of methoxy groups -OCH3 is 1. The summed E-state index contributed by atoms with van der Waals surface area (Å²) in [6, 6.07) is 0. The van der Waals surface area contributed by atoms with E-state index in [4.69, 9.17) is 13.8 Å². The third kappa shape index (κ3) is 7.03. The first kappa shape index (κ1) is 21.3. The molecule has 7 heteroatoms. The maximum absolute atomic E-state index is 12.2. The van der Waals surface area contributed by atoms with Crippen LogP contribution in [-0.2, 0) is 27.9 Å². The van der Waals surface area contributed by atoms with Gasteiger partial charge in [0.2, 0.25) is 0 Å². The lowest BCUT2D eigenvalue weighted by atomic mass is 9.83. The molecule has 0 radical (unpaired) electrons. The molecule has 0 aliphatic carbocycles. The SMILES string of the molecule is CCCCCC(CCP(=O)(OC)OC)C(C(C)=O)C(=O)OC. The maximum Gasteiger partial charge on any atom is 0.330 e. The third-order valence-corrected chi connectivity index (χ3v) is 5.79. The Balaban J connectivity index is 5.03. The van der Waals surface area contributed by atoms with Crippen molar-refractivity contribution >= 4 is 19.3 Å². The van der Waals surface area contributed by atoms with Gasteiger partial charge in [-0.25, -0.2) is 0 Å². The highest BCUT2D eigenvalue weighted by atomic mass is 31.2. The van der Waals surface area contributed by atoms with Crippen LogP contribution in [-0.4, -0.2) is 39.2 Å². The highest BCUT2D eigenvalue weighted by Crippen LogP contribution is 2.48. The number of Topliss-reactive ketones (excluding diaryl/α,β-unsaturated/α-hetero) is 1. The molecule has 2 unspecified atom stereocenters. The van der Waals surface area contributed by atoms with Crippen molar-refractivity contribution in [1.82, 2.24) is 0 Å². The molecule has 0 aromatic rings. The number of ether oxygens (including phenoxy) is 1. The largest absolute Gasteiger partial charge is 0.468 e. The summed E-state index contributed by atoms with van der Waals surface area (Å²) in [6.45, 7) is 3.47. The van der Waals surface area contributed by atoms with Gasteiger partial charge in [-0.05, 0) is 25.7 Å². The second-order valence-corrected chi connectivity index (χ2v) is 7.75. The van der Waals surface area contributed by atoms with Crippen LogP contribution in [0, 0.1) is 11.8 Å². The summed E-state index contributed by atoms with van der Waals surface area (Å²) in [5.41, 5.74) is 0. The molecule has 6 nitrogen and oxygen atoms in total. The molecule has 22 heavy (non-hydrogen) atoms. The van der Waals surface area contributed by atoms with E-state index in [9.17, 15) is 14.2 Å². The first-order valence-corrected chi connectivity index (χ1v) is 9.36. The van der Waals surface area contributed by atoms with E-state index >= 15 is 0 Å². The average molecular weight is 336 g/mol. The van der Waals surface area contributed by atoms with Gasteiger partial charge in [0.25, 0.3) is 0 Å². The smallest absolute Gasteiger partial charge is 0.330 e. The number of hydrogen-bond donors (Lipinski definition) is 0. The summed E-state index contributed by atoms with van der Waals surface area (Å²) in [4.78, 5) is 23.8. The van der Waals surface area contributed by atoms with Crippen molar-refractivity contribution in [1.29, 1.82) is 0 Å². The summed E-state index contributed by atoms with van der Waals surface area (Å²) < 4.78 is 26.8. The summed E-state index contributed by atoms with van der Waals surface area (Å²) in [5, 5.41) is 0. The minimum atomic E-state index is -3.15. The Hall–Kier alpha value is -0.710. The molecule has 130 valence electrons. The molecule has 0 aromatic heterocycles. The van der Waals surface area contributed by atoms with Crippen LogP contribution in [0.1, 0.15) is 46.0 Å². The van der Waals surface area contributed by atoms with Gasteiger partial charge in [0, 0.05) is 14.2 Å². The lowest BCUT2D eigenvalue weighted by Gasteiger charge is -2.24. The average Bonchev–Trinajstić information content (AvgIpc) is 2.51. The van der Waals surface area contributed by atoms with Gasteiger partial charge in [-0.3, -0.25) is 14.2 Å². The molecule has 0 aliphatic rings.